The molecule has 0 heterocycles. The Morgan fingerprint density at radius 3 is 2.00 bits per heavy atom. The van der Waals surface area contributed by atoms with E-state index in [2.05, 4.69) is 0 Å². The fourth-order valence-electron chi connectivity index (χ4n) is 2.15. The van der Waals surface area contributed by atoms with E-state index in [4.69, 9.17) is 24.1 Å². The molecule has 0 saturated carbocycles. The van der Waals surface area contributed by atoms with Gasteiger partial charge in [0.05, 0.1) is 38.4 Å². The van der Waals surface area contributed by atoms with Crippen molar-refractivity contribution in [2.75, 3.05) is 33.0 Å². The predicted octanol–water partition coefficient (Wildman–Crippen LogP) is 2.38. The third-order valence-electron chi connectivity index (χ3n) is 3.16. The number of ether oxygens (including phenoxy) is 4. The SMILES string of the molecule is CCOc1cc(OCC)c(C(=O)CCC(=O)OCCO)cc1OCC. The van der Waals surface area contributed by atoms with E-state index in [1.54, 1.807) is 12.1 Å². The van der Waals surface area contributed by atoms with Crippen LogP contribution < -0.4 is 14.2 Å². The molecule has 1 rings (SSSR count). The fourth-order valence-corrected chi connectivity index (χ4v) is 2.15. The molecule has 1 N–H and O–H groups in total. The van der Waals surface area contributed by atoms with Crippen LogP contribution in [0, 0.1) is 0 Å². The first-order valence-corrected chi connectivity index (χ1v) is 8.43. The van der Waals surface area contributed by atoms with E-state index < -0.39 is 5.97 Å². The van der Waals surface area contributed by atoms with Crippen LogP contribution in [0.15, 0.2) is 12.1 Å². The summed E-state index contributed by atoms with van der Waals surface area (Å²) in [4.78, 5) is 24.0. The monoisotopic (exact) mass is 354 g/mol. The summed E-state index contributed by atoms with van der Waals surface area (Å²) in [7, 11) is 0. The van der Waals surface area contributed by atoms with Gasteiger partial charge >= 0.3 is 5.97 Å². The quantitative estimate of drug-likeness (QED) is 0.455. The van der Waals surface area contributed by atoms with Gasteiger partial charge < -0.3 is 24.1 Å². The molecule has 140 valence electrons. The van der Waals surface area contributed by atoms with Crippen LogP contribution in [0.5, 0.6) is 17.2 Å². The molecule has 0 aliphatic heterocycles. The number of carbonyl (C=O) groups is 2. The van der Waals surface area contributed by atoms with Crippen LogP contribution in [-0.4, -0.2) is 49.9 Å². The van der Waals surface area contributed by atoms with Crippen molar-refractivity contribution in [2.24, 2.45) is 0 Å². The Kier molecular flexibility index (Phi) is 9.39. The van der Waals surface area contributed by atoms with Crippen molar-refractivity contribution < 1.29 is 33.6 Å². The van der Waals surface area contributed by atoms with Crippen molar-refractivity contribution in [3.8, 4) is 17.2 Å². The van der Waals surface area contributed by atoms with Gasteiger partial charge in [0, 0.05) is 12.5 Å². The molecule has 0 spiro atoms. The Bertz CT molecular complexity index is 569. The Hall–Kier alpha value is -2.28. The van der Waals surface area contributed by atoms with Gasteiger partial charge in [0.1, 0.15) is 12.4 Å². The van der Waals surface area contributed by atoms with Crippen LogP contribution in [0.4, 0.5) is 0 Å². The zero-order valence-corrected chi connectivity index (χ0v) is 15.0. The summed E-state index contributed by atoms with van der Waals surface area (Å²) in [6.45, 7) is 6.46. The molecule has 0 amide bonds. The molecule has 7 nitrogen and oxygen atoms in total. The lowest BCUT2D eigenvalue weighted by molar-refractivity contribution is -0.144. The van der Waals surface area contributed by atoms with Crippen molar-refractivity contribution in [3.63, 3.8) is 0 Å². The second-order valence-corrected chi connectivity index (χ2v) is 4.96. The Morgan fingerprint density at radius 1 is 0.880 bits per heavy atom. The van der Waals surface area contributed by atoms with Gasteiger partial charge in [-0.2, -0.15) is 0 Å². The van der Waals surface area contributed by atoms with Crippen molar-refractivity contribution >= 4 is 11.8 Å². The maximum absolute atomic E-state index is 12.5. The maximum atomic E-state index is 12.5. The largest absolute Gasteiger partial charge is 0.493 e. The number of hydrogen-bond acceptors (Lipinski definition) is 7. The van der Waals surface area contributed by atoms with Crippen molar-refractivity contribution in [1.29, 1.82) is 0 Å². The number of Topliss-reactive ketones (excluding diaryl/α,β-unsaturated/α-hetero) is 1. The number of aliphatic hydroxyl groups is 1. The summed E-state index contributed by atoms with van der Waals surface area (Å²) in [5.41, 5.74) is 0.337. The standard InChI is InChI=1S/C18H26O7/c1-4-22-15-12-17(24-6-3)16(23-5-2)11-13(15)14(20)7-8-18(21)25-10-9-19/h11-12,19H,4-10H2,1-3H3. The van der Waals surface area contributed by atoms with E-state index in [9.17, 15) is 9.59 Å². The highest BCUT2D eigenvalue weighted by atomic mass is 16.5. The lowest BCUT2D eigenvalue weighted by atomic mass is 10.0. The molecule has 0 bridgehead atoms. The molecule has 0 fully saturated rings. The maximum Gasteiger partial charge on any atom is 0.306 e. The van der Waals surface area contributed by atoms with Gasteiger partial charge in [0.25, 0.3) is 0 Å². The number of benzene rings is 1. The molecule has 1 aromatic rings. The molecular formula is C18H26O7. The van der Waals surface area contributed by atoms with E-state index in [1.165, 1.54) is 0 Å². The molecule has 25 heavy (non-hydrogen) atoms. The van der Waals surface area contributed by atoms with Crippen molar-refractivity contribution in [1.82, 2.24) is 0 Å². The van der Waals surface area contributed by atoms with E-state index in [0.717, 1.165) is 0 Å². The molecule has 0 aromatic heterocycles. The summed E-state index contributed by atoms with van der Waals surface area (Å²) in [6, 6.07) is 3.22. The van der Waals surface area contributed by atoms with Crippen molar-refractivity contribution in [3.05, 3.63) is 17.7 Å². The average molecular weight is 354 g/mol. The topological polar surface area (TPSA) is 91.3 Å². The fraction of sp³-hybridized carbons (Fsp3) is 0.556. The Morgan fingerprint density at radius 2 is 1.44 bits per heavy atom. The summed E-state index contributed by atoms with van der Waals surface area (Å²) in [5, 5.41) is 8.63. The summed E-state index contributed by atoms with van der Waals surface area (Å²) >= 11 is 0. The van der Waals surface area contributed by atoms with Gasteiger partial charge in [-0.15, -0.1) is 0 Å². The highest BCUT2D eigenvalue weighted by Gasteiger charge is 2.19. The highest BCUT2D eigenvalue weighted by Crippen LogP contribution is 2.36. The molecular weight excluding hydrogens is 328 g/mol. The first-order valence-electron chi connectivity index (χ1n) is 8.43. The van der Waals surface area contributed by atoms with Crippen LogP contribution in [0.25, 0.3) is 0 Å². The first kappa shape index (κ1) is 20.8. The second kappa shape index (κ2) is 11.3. The summed E-state index contributed by atoms with van der Waals surface area (Å²) < 4.78 is 21.4. The number of esters is 1. The zero-order valence-electron chi connectivity index (χ0n) is 15.0. The third kappa shape index (κ3) is 6.62. The van der Waals surface area contributed by atoms with E-state index in [0.29, 0.717) is 42.6 Å². The van der Waals surface area contributed by atoms with E-state index in [1.807, 2.05) is 20.8 Å². The molecule has 0 aliphatic rings. The van der Waals surface area contributed by atoms with Crippen molar-refractivity contribution in [2.45, 2.75) is 33.6 Å². The lowest BCUT2D eigenvalue weighted by Gasteiger charge is -2.16. The molecule has 7 heteroatoms. The van der Waals surface area contributed by atoms with Gasteiger partial charge in [-0.25, -0.2) is 0 Å². The third-order valence-corrected chi connectivity index (χ3v) is 3.16. The first-order chi connectivity index (χ1) is 12.1. The second-order valence-electron chi connectivity index (χ2n) is 4.96. The van der Waals surface area contributed by atoms with Gasteiger partial charge in [0.2, 0.25) is 0 Å². The van der Waals surface area contributed by atoms with Gasteiger partial charge in [-0.05, 0) is 26.8 Å². The smallest absolute Gasteiger partial charge is 0.306 e. The molecule has 0 radical (unpaired) electrons. The zero-order chi connectivity index (χ0) is 18.7. The summed E-state index contributed by atoms with van der Waals surface area (Å²) in [5.74, 6) is 0.568. The highest BCUT2D eigenvalue weighted by molar-refractivity contribution is 6.00. The number of rotatable bonds is 12. The Labute approximate surface area is 147 Å². The minimum absolute atomic E-state index is 0.0239. The number of carbonyl (C=O) groups excluding carboxylic acids is 2. The molecule has 0 aliphatic carbocycles. The molecule has 0 saturated heterocycles. The predicted molar refractivity (Wildman–Crippen MR) is 91.6 cm³/mol. The van der Waals surface area contributed by atoms with E-state index in [-0.39, 0.29) is 31.8 Å². The number of hydrogen-bond donors (Lipinski definition) is 1. The van der Waals surface area contributed by atoms with Crippen LogP contribution in [0.2, 0.25) is 0 Å². The number of aliphatic hydroxyl groups excluding tert-OH is 1. The van der Waals surface area contributed by atoms with Gasteiger partial charge in [-0.1, -0.05) is 0 Å². The molecule has 0 unspecified atom stereocenters. The van der Waals surface area contributed by atoms with Crippen LogP contribution in [-0.2, 0) is 9.53 Å². The van der Waals surface area contributed by atoms with Crippen LogP contribution in [0.3, 0.4) is 0 Å². The summed E-state index contributed by atoms with van der Waals surface area (Å²) in [6.07, 6.45) is -0.0918. The van der Waals surface area contributed by atoms with Gasteiger partial charge in [0.15, 0.2) is 17.3 Å². The minimum atomic E-state index is -0.531. The lowest BCUT2D eigenvalue weighted by Crippen LogP contribution is -2.12. The van der Waals surface area contributed by atoms with Crippen LogP contribution in [0.1, 0.15) is 44.0 Å². The van der Waals surface area contributed by atoms with Gasteiger partial charge in [-0.3, -0.25) is 9.59 Å². The van der Waals surface area contributed by atoms with E-state index >= 15 is 0 Å². The number of ketones is 1. The average Bonchev–Trinajstić information content (AvgIpc) is 2.60. The van der Waals surface area contributed by atoms with Crippen LogP contribution >= 0.6 is 0 Å². The molecule has 1 aromatic carbocycles. The Balaban J connectivity index is 2.99. The molecule has 0 atom stereocenters. The normalized spacial score (nSPS) is 10.2. The minimum Gasteiger partial charge on any atom is -0.493 e.